The minimum absolute atomic E-state index is 0.160. The van der Waals surface area contributed by atoms with E-state index in [0.29, 0.717) is 0 Å². The minimum atomic E-state index is -0.273. The lowest BCUT2D eigenvalue weighted by Gasteiger charge is -2.40. The average molecular weight is 260 g/mol. The van der Waals surface area contributed by atoms with Crippen LogP contribution in [0.5, 0.6) is 0 Å². The van der Waals surface area contributed by atoms with E-state index in [4.69, 9.17) is 0 Å². The summed E-state index contributed by atoms with van der Waals surface area (Å²) in [6, 6.07) is 10.5. The quantitative estimate of drug-likeness (QED) is 0.906. The molecule has 1 aromatic carbocycles. The molecule has 3 heteroatoms. The number of rotatable bonds is 3. The maximum Gasteiger partial charge on any atom is 0.228 e. The lowest BCUT2D eigenvalue weighted by molar-refractivity contribution is -0.144. The van der Waals surface area contributed by atoms with Crippen LogP contribution in [0.15, 0.2) is 30.3 Å². The molecule has 1 saturated heterocycles. The molecule has 0 aliphatic carbocycles. The number of hydrogen-bond donors (Lipinski definition) is 1. The first-order valence-corrected chi connectivity index (χ1v) is 7.13. The van der Waals surface area contributed by atoms with Crippen molar-refractivity contribution in [1.82, 2.24) is 10.2 Å². The van der Waals surface area contributed by atoms with Crippen LogP contribution in [0.2, 0.25) is 0 Å². The minimum Gasteiger partial charge on any atom is -0.333 e. The first-order chi connectivity index (χ1) is 9.06. The van der Waals surface area contributed by atoms with Crippen molar-refractivity contribution in [3.05, 3.63) is 35.9 Å². The predicted molar refractivity (Wildman–Crippen MR) is 77.8 cm³/mol. The van der Waals surface area contributed by atoms with Crippen molar-refractivity contribution in [1.29, 1.82) is 0 Å². The Balaban J connectivity index is 2.24. The molecule has 1 aliphatic heterocycles. The van der Waals surface area contributed by atoms with Gasteiger partial charge in [0.2, 0.25) is 5.91 Å². The monoisotopic (exact) mass is 260 g/mol. The Morgan fingerprint density at radius 3 is 2.68 bits per heavy atom. The molecule has 0 bridgehead atoms. The summed E-state index contributed by atoms with van der Waals surface area (Å²) in [7, 11) is 0. The Hall–Kier alpha value is -1.35. The van der Waals surface area contributed by atoms with Crippen molar-refractivity contribution in [2.75, 3.05) is 19.6 Å². The highest BCUT2D eigenvalue weighted by atomic mass is 16.2. The van der Waals surface area contributed by atoms with E-state index in [9.17, 15) is 4.79 Å². The van der Waals surface area contributed by atoms with Gasteiger partial charge in [-0.15, -0.1) is 0 Å². The molecular formula is C16H24N2O. The third-order valence-electron chi connectivity index (χ3n) is 4.15. The summed E-state index contributed by atoms with van der Waals surface area (Å²) in [5.74, 6) is 0.269. The van der Waals surface area contributed by atoms with Gasteiger partial charge in [-0.1, -0.05) is 51.1 Å². The number of amides is 1. The summed E-state index contributed by atoms with van der Waals surface area (Å²) < 4.78 is 0. The molecule has 1 aromatic rings. The molecule has 1 fully saturated rings. The van der Waals surface area contributed by atoms with Gasteiger partial charge in [-0.3, -0.25) is 4.79 Å². The Labute approximate surface area is 116 Å². The van der Waals surface area contributed by atoms with Crippen LogP contribution in [0.4, 0.5) is 0 Å². The molecule has 2 rings (SSSR count). The van der Waals surface area contributed by atoms with Crippen molar-refractivity contribution in [2.45, 2.75) is 33.2 Å². The smallest absolute Gasteiger partial charge is 0.228 e. The Bertz CT molecular complexity index is 428. The molecule has 0 spiro atoms. The number of piperazine rings is 1. The maximum atomic E-state index is 12.7. The van der Waals surface area contributed by atoms with Gasteiger partial charge in [-0.05, 0) is 12.0 Å². The molecule has 1 heterocycles. The molecule has 19 heavy (non-hydrogen) atoms. The van der Waals surface area contributed by atoms with E-state index in [0.717, 1.165) is 26.1 Å². The summed E-state index contributed by atoms with van der Waals surface area (Å²) in [5.41, 5.74) is 0.944. The van der Waals surface area contributed by atoms with E-state index in [1.54, 1.807) is 0 Å². The summed E-state index contributed by atoms with van der Waals surface area (Å²) in [4.78, 5) is 14.8. The van der Waals surface area contributed by atoms with Crippen LogP contribution >= 0.6 is 0 Å². The fourth-order valence-corrected chi connectivity index (χ4v) is 2.46. The second kappa shape index (κ2) is 5.74. The highest BCUT2D eigenvalue weighted by molar-refractivity contribution is 5.82. The Morgan fingerprint density at radius 2 is 2.05 bits per heavy atom. The topological polar surface area (TPSA) is 32.3 Å². The zero-order valence-electron chi connectivity index (χ0n) is 12.1. The Kier molecular flexibility index (Phi) is 4.25. The van der Waals surface area contributed by atoms with Gasteiger partial charge in [0.15, 0.2) is 0 Å². The lowest BCUT2D eigenvalue weighted by Crippen LogP contribution is -2.52. The van der Waals surface area contributed by atoms with Gasteiger partial charge in [-0.25, -0.2) is 0 Å². The average Bonchev–Trinajstić information content (AvgIpc) is 2.47. The van der Waals surface area contributed by atoms with Gasteiger partial charge in [-0.2, -0.15) is 0 Å². The van der Waals surface area contributed by atoms with Crippen molar-refractivity contribution in [2.24, 2.45) is 5.41 Å². The van der Waals surface area contributed by atoms with Crippen molar-refractivity contribution in [3.8, 4) is 0 Å². The van der Waals surface area contributed by atoms with Crippen LogP contribution in [-0.4, -0.2) is 30.4 Å². The van der Waals surface area contributed by atoms with Crippen LogP contribution in [0.1, 0.15) is 38.8 Å². The van der Waals surface area contributed by atoms with Crippen LogP contribution in [-0.2, 0) is 4.79 Å². The first-order valence-electron chi connectivity index (χ1n) is 7.13. The van der Waals surface area contributed by atoms with Crippen LogP contribution < -0.4 is 5.32 Å². The predicted octanol–water partition coefficient (Wildman–Crippen LogP) is 2.60. The zero-order chi connectivity index (χ0) is 13.9. The van der Waals surface area contributed by atoms with Crippen molar-refractivity contribution >= 4 is 5.91 Å². The summed E-state index contributed by atoms with van der Waals surface area (Å²) >= 11 is 0. The molecule has 0 radical (unpaired) electrons. The molecular weight excluding hydrogens is 236 g/mol. The fraction of sp³-hybridized carbons (Fsp3) is 0.562. The van der Waals surface area contributed by atoms with Gasteiger partial charge >= 0.3 is 0 Å². The zero-order valence-corrected chi connectivity index (χ0v) is 12.1. The van der Waals surface area contributed by atoms with E-state index < -0.39 is 0 Å². The lowest BCUT2D eigenvalue weighted by atomic mass is 9.87. The number of carbonyl (C=O) groups is 1. The van der Waals surface area contributed by atoms with E-state index in [1.807, 2.05) is 32.0 Å². The molecule has 1 atom stereocenters. The third-order valence-corrected chi connectivity index (χ3v) is 4.15. The number of hydrogen-bond acceptors (Lipinski definition) is 2. The molecule has 1 N–H and O–H groups in total. The number of nitrogens with zero attached hydrogens (tertiary/aromatic N) is 1. The maximum absolute atomic E-state index is 12.7. The van der Waals surface area contributed by atoms with E-state index in [2.05, 4.69) is 29.3 Å². The first kappa shape index (κ1) is 14.1. The summed E-state index contributed by atoms with van der Waals surface area (Å²) in [5, 5.41) is 3.39. The molecule has 0 aromatic heterocycles. The molecule has 104 valence electrons. The second-order valence-electron chi connectivity index (χ2n) is 5.87. The highest BCUT2D eigenvalue weighted by Gasteiger charge is 2.35. The van der Waals surface area contributed by atoms with Crippen molar-refractivity contribution < 1.29 is 4.79 Å². The van der Waals surface area contributed by atoms with Crippen molar-refractivity contribution in [3.63, 3.8) is 0 Å². The standard InChI is InChI=1S/C16H24N2O/c1-4-16(2,3)15(19)18-11-10-17-12-14(18)13-8-6-5-7-9-13/h5-9,14,17H,4,10-12H2,1-3H3. The van der Waals surface area contributed by atoms with Gasteiger partial charge in [0.1, 0.15) is 0 Å². The fourth-order valence-electron chi connectivity index (χ4n) is 2.46. The Morgan fingerprint density at radius 1 is 1.37 bits per heavy atom. The van der Waals surface area contributed by atoms with Gasteiger partial charge in [0, 0.05) is 25.0 Å². The molecule has 0 saturated carbocycles. The molecule has 1 aliphatic rings. The molecule has 3 nitrogen and oxygen atoms in total. The summed E-state index contributed by atoms with van der Waals surface area (Å²) in [6.45, 7) is 8.68. The van der Waals surface area contributed by atoms with E-state index in [1.165, 1.54) is 5.56 Å². The van der Waals surface area contributed by atoms with Gasteiger partial charge < -0.3 is 10.2 Å². The van der Waals surface area contributed by atoms with Crippen LogP contribution in [0, 0.1) is 5.41 Å². The van der Waals surface area contributed by atoms with Crippen LogP contribution in [0.25, 0.3) is 0 Å². The molecule has 1 amide bonds. The highest BCUT2D eigenvalue weighted by Crippen LogP contribution is 2.30. The third kappa shape index (κ3) is 2.98. The van der Waals surface area contributed by atoms with E-state index in [-0.39, 0.29) is 17.4 Å². The number of nitrogens with one attached hydrogen (secondary N) is 1. The van der Waals surface area contributed by atoms with Gasteiger partial charge in [0.05, 0.1) is 6.04 Å². The summed E-state index contributed by atoms with van der Waals surface area (Å²) in [6.07, 6.45) is 0.872. The SMILES string of the molecule is CCC(C)(C)C(=O)N1CCNCC1c1ccccc1. The normalized spacial score (nSPS) is 20.4. The largest absolute Gasteiger partial charge is 0.333 e. The molecule has 1 unspecified atom stereocenters. The van der Waals surface area contributed by atoms with E-state index >= 15 is 0 Å². The second-order valence-corrected chi connectivity index (χ2v) is 5.87. The number of carbonyl (C=O) groups excluding carboxylic acids is 1. The number of benzene rings is 1. The van der Waals surface area contributed by atoms with Crippen LogP contribution in [0.3, 0.4) is 0 Å². The van der Waals surface area contributed by atoms with Gasteiger partial charge in [0.25, 0.3) is 0 Å².